The molecule has 0 unspecified atom stereocenters. The fourth-order valence-electron chi connectivity index (χ4n) is 0.663. The van der Waals surface area contributed by atoms with Crippen molar-refractivity contribution >= 4 is 35.5 Å². The lowest BCUT2D eigenvalue weighted by Crippen LogP contribution is -2.14. The quantitative estimate of drug-likeness (QED) is 0.455. The molecule has 0 saturated heterocycles. The molecule has 0 aliphatic rings. The van der Waals surface area contributed by atoms with Crippen LogP contribution in [0.25, 0.3) is 0 Å². The van der Waals surface area contributed by atoms with Gasteiger partial charge in [-0.3, -0.25) is 0 Å². The van der Waals surface area contributed by atoms with E-state index in [1.807, 2.05) is 0 Å². The molecule has 4 heteroatoms. The molecule has 0 atom stereocenters. The summed E-state index contributed by atoms with van der Waals surface area (Å²) in [5, 5.41) is 0. The Morgan fingerprint density at radius 2 is 1.82 bits per heavy atom. The van der Waals surface area contributed by atoms with Crippen molar-refractivity contribution in [2.24, 2.45) is 0 Å². The van der Waals surface area contributed by atoms with Crippen LogP contribution >= 0.6 is 24.4 Å². The zero-order valence-electron chi connectivity index (χ0n) is 6.49. The predicted octanol–water partition coefficient (Wildman–Crippen LogP) is 2.45. The summed E-state index contributed by atoms with van der Waals surface area (Å²) in [6.07, 6.45) is 2.70. The molecule has 2 nitrogen and oxygen atoms in total. The van der Waals surface area contributed by atoms with Gasteiger partial charge in [-0.2, -0.15) is 0 Å². The molecule has 0 amide bonds. The van der Waals surface area contributed by atoms with Crippen LogP contribution in [0.4, 0.5) is 0 Å². The molecule has 0 spiro atoms. The van der Waals surface area contributed by atoms with Gasteiger partial charge in [0, 0.05) is 6.42 Å². The minimum atomic E-state index is -0.287. The summed E-state index contributed by atoms with van der Waals surface area (Å²) in [7, 11) is 0. The van der Waals surface area contributed by atoms with Gasteiger partial charge in [0.25, 0.3) is 0 Å². The van der Waals surface area contributed by atoms with Gasteiger partial charge in [-0.25, -0.2) is 0 Å². The van der Waals surface area contributed by atoms with Gasteiger partial charge >= 0.3 is 0 Å². The molecular formula is C7H12O2S2. The van der Waals surface area contributed by atoms with E-state index in [0.29, 0.717) is 0 Å². The van der Waals surface area contributed by atoms with Crippen LogP contribution in [0.5, 0.6) is 0 Å². The first kappa shape index (κ1) is 10.8. The zero-order chi connectivity index (χ0) is 8.53. The fraction of sp³-hybridized carbons (Fsp3) is 0.714. The smallest absolute Gasteiger partial charge is 0.241 e. The van der Waals surface area contributed by atoms with Crippen molar-refractivity contribution in [2.45, 2.75) is 32.5 Å². The Hall–Kier alpha value is -0.220. The van der Waals surface area contributed by atoms with Gasteiger partial charge in [-0.1, -0.05) is 13.3 Å². The number of thiocarbonyl (C=S) groups is 2. The number of unbranched alkanes of at least 4 members (excludes halogenated alkanes) is 1. The van der Waals surface area contributed by atoms with Crippen LogP contribution in [-0.4, -0.2) is 17.4 Å². The number of rotatable bonds is 7. The Bertz CT molecular complexity index is 107. The first-order valence-electron chi connectivity index (χ1n) is 3.53. The lowest BCUT2D eigenvalue weighted by atomic mass is 10.2. The van der Waals surface area contributed by atoms with E-state index < -0.39 is 0 Å². The molecule has 64 valence electrons. The van der Waals surface area contributed by atoms with E-state index in [0.717, 1.165) is 19.3 Å². The molecule has 0 aromatic rings. The van der Waals surface area contributed by atoms with Gasteiger partial charge in [-0.15, -0.1) is 0 Å². The third-order valence-corrected chi connectivity index (χ3v) is 1.43. The summed E-state index contributed by atoms with van der Waals surface area (Å²) >= 11 is 9.04. The van der Waals surface area contributed by atoms with Crippen molar-refractivity contribution in [2.75, 3.05) is 0 Å². The van der Waals surface area contributed by atoms with Gasteiger partial charge in [0.2, 0.25) is 6.29 Å². The van der Waals surface area contributed by atoms with Crippen LogP contribution in [0.3, 0.4) is 0 Å². The average Bonchev–Trinajstić information content (AvgIpc) is 2.01. The lowest BCUT2D eigenvalue weighted by Gasteiger charge is -2.13. The molecule has 0 radical (unpaired) electrons. The standard InChI is InChI=1S/C7H12O2S2/c1-2-3-4-7(8-5-10)9-6-11/h5-7H,2-4H2,1H3. The highest BCUT2D eigenvalue weighted by Crippen LogP contribution is 2.04. The second-order valence-corrected chi connectivity index (χ2v) is 2.42. The molecule has 11 heavy (non-hydrogen) atoms. The molecular weight excluding hydrogens is 180 g/mol. The van der Waals surface area contributed by atoms with Crippen LogP contribution in [0.15, 0.2) is 0 Å². The van der Waals surface area contributed by atoms with E-state index in [4.69, 9.17) is 9.47 Å². The number of hydrogen-bond donors (Lipinski definition) is 0. The first-order valence-corrected chi connectivity index (χ1v) is 4.47. The third-order valence-electron chi connectivity index (χ3n) is 1.21. The number of hydrogen-bond acceptors (Lipinski definition) is 4. The summed E-state index contributed by atoms with van der Waals surface area (Å²) in [6, 6.07) is 0. The van der Waals surface area contributed by atoms with Crippen molar-refractivity contribution in [3.05, 3.63) is 0 Å². The normalized spacial score (nSPS) is 9.27. The van der Waals surface area contributed by atoms with E-state index >= 15 is 0 Å². The Kier molecular flexibility index (Phi) is 7.72. The van der Waals surface area contributed by atoms with Crippen molar-refractivity contribution in [1.82, 2.24) is 0 Å². The Labute approximate surface area is 77.9 Å². The highest BCUT2D eigenvalue weighted by molar-refractivity contribution is 7.78. The maximum Gasteiger partial charge on any atom is 0.241 e. The molecule has 0 N–H and O–H groups in total. The Balaban J connectivity index is 3.49. The highest BCUT2D eigenvalue weighted by Gasteiger charge is 2.05. The monoisotopic (exact) mass is 192 g/mol. The average molecular weight is 192 g/mol. The van der Waals surface area contributed by atoms with Gasteiger partial charge in [0.15, 0.2) is 11.1 Å². The number of ether oxygens (including phenoxy) is 2. The minimum absolute atomic E-state index is 0.287. The molecule has 0 saturated carbocycles. The molecule has 0 fully saturated rings. The van der Waals surface area contributed by atoms with Crippen LogP contribution in [0.2, 0.25) is 0 Å². The van der Waals surface area contributed by atoms with Crippen LogP contribution in [0, 0.1) is 0 Å². The van der Waals surface area contributed by atoms with Gasteiger partial charge in [-0.05, 0) is 30.9 Å². The van der Waals surface area contributed by atoms with Crippen molar-refractivity contribution < 1.29 is 9.47 Å². The fourth-order valence-corrected chi connectivity index (χ4v) is 0.911. The van der Waals surface area contributed by atoms with Crippen molar-refractivity contribution in [3.63, 3.8) is 0 Å². The molecule has 0 aliphatic heterocycles. The maximum absolute atomic E-state index is 4.95. The van der Waals surface area contributed by atoms with Crippen molar-refractivity contribution in [3.8, 4) is 0 Å². The van der Waals surface area contributed by atoms with E-state index in [2.05, 4.69) is 31.4 Å². The van der Waals surface area contributed by atoms with E-state index in [-0.39, 0.29) is 6.29 Å². The molecule has 0 aromatic carbocycles. The topological polar surface area (TPSA) is 18.5 Å². The molecule has 0 bridgehead atoms. The van der Waals surface area contributed by atoms with Gasteiger partial charge < -0.3 is 9.47 Å². The summed E-state index contributed by atoms with van der Waals surface area (Å²) in [5.41, 5.74) is 2.42. The third kappa shape index (κ3) is 6.19. The summed E-state index contributed by atoms with van der Waals surface area (Å²) in [5.74, 6) is 0. The zero-order valence-corrected chi connectivity index (χ0v) is 8.12. The second kappa shape index (κ2) is 7.88. The Morgan fingerprint density at radius 1 is 1.27 bits per heavy atom. The molecule has 0 rings (SSSR count). The summed E-state index contributed by atoms with van der Waals surface area (Å²) < 4.78 is 9.91. The lowest BCUT2D eigenvalue weighted by molar-refractivity contribution is -0.00713. The van der Waals surface area contributed by atoms with Crippen LogP contribution in [-0.2, 0) is 9.47 Å². The van der Waals surface area contributed by atoms with E-state index in [1.54, 1.807) is 0 Å². The maximum atomic E-state index is 4.95. The summed E-state index contributed by atoms with van der Waals surface area (Å²) in [4.78, 5) is 0. The van der Waals surface area contributed by atoms with Crippen molar-refractivity contribution in [1.29, 1.82) is 0 Å². The SMILES string of the molecule is CCCCC(OC=S)OC=S. The second-order valence-electron chi connectivity index (χ2n) is 2.04. The largest absolute Gasteiger partial charge is 0.451 e. The van der Waals surface area contributed by atoms with Crippen LogP contribution < -0.4 is 0 Å². The van der Waals surface area contributed by atoms with E-state index in [1.165, 1.54) is 11.1 Å². The Morgan fingerprint density at radius 3 is 2.18 bits per heavy atom. The highest BCUT2D eigenvalue weighted by atomic mass is 32.1. The summed E-state index contributed by atoms with van der Waals surface area (Å²) in [6.45, 7) is 2.10. The molecule has 0 aliphatic carbocycles. The first-order chi connectivity index (χ1) is 5.35. The van der Waals surface area contributed by atoms with Gasteiger partial charge in [0.05, 0.1) is 0 Å². The molecule has 0 aromatic heterocycles. The predicted molar refractivity (Wildman–Crippen MR) is 52.8 cm³/mol. The van der Waals surface area contributed by atoms with E-state index in [9.17, 15) is 0 Å². The molecule has 0 heterocycles. The minimum Gasteiger partial charge on any atom is -0.451 e. The van der Waals surface area contributed by atoms with Crippen LogP contribution in [0.1, 0.15) is 26.2 Å². The van der Waals surface area contributed by atoms with Gasteiger partial charge in [0.1, 0.15) is 0 Å².